The van der Waals surface area contributed by atoms with Gasteiger partial charge in [0.05, 0.1) is 0 Å². The number of para-hydroxylation sites is 1. The molecule has 1 aliphatic heterocycles. The molecule has 0 bridgehead atoms. The Morgan fingerprint density at radius 3 is 2.35 bits per heavy atom. The van der Waals surface area contributed by atoms with Crippen LogP contribution in [0.4, 0.5) is 11.4 Å². The fraction of sp³-hybridized carbons (Fsp3) is 0.0909. The van der Waals surface area contributed by atoms with Gasteiger partial charge >= 0.3 is 0 Å². The standard InChI is InChI=1S/C22H17N/c1-2-10-18-17(7-1)15-23(22-13-4-3-11-20(18)22)21-14-6-9-16-8-5-12-19(16)21/h1-7,9-14H,8,15H2. The average molecular weight is 295 g/mol. The monoisotopic (exact) mass is 295 g/mol. The Balaban J connectivity index is 1.75. The van der Waals surface area contributed by atoms with Crippen LogP contribution in [-0.2, 0) is 13.0 Å². The lowest BCUT2D eigenvalue weighted by atomic mass is 9.92. The molecule has 0 saturated carbocycles. The Morgan fingerprint density at radius 1 is 0.652 bits per heavy atom. The largest absolute Gasteiger partial charge is 0.336 e. The van der Waals surface area contributed by atoms with Crippen molar-refractivity contribution < 1.29 is 0 Å². The van der Waals surface area contributed by atoms with E-state index in [1.54, 1.807) is 0 Å². The summed E-state index contributed by atoms with van der Waals surface area (Å²) in [5.41, 5.74) is 9.51. The van der Waals surface area contributed by atoms with Gasteiger partial charge in [-0.2, -0.15) is 0 Å². The lowest BCUT2D eigenvalue weighted by Crippen LogP contribution is -2.22. The average Bonchev–Trinajstić information content (AvgIpc) is 3.10. The minimum Gasteiger partial charge on any atom is -0.336 e. The summed E-state index contributed by atoms with van der Waals surface area (Å²) >= 11 is 0. The van der Waals surface area contributed by atoms with Crippen molar-refractivity contribution in [2.24, 2.45) is 0 Å². The van der Waals surface area contributed by atoms with Crippen molar-refractivity contribution in [1.29, 1.82) is 0 Å². The summed E-state index contributed by atoms with van der Waals surface area (Å²) in [7, 11) is 0. The van der Waals surface area contributed by atoms with Crippen LogP contribution in [0.15, 0.2) is 72.8 Å². The number of hydrogen-bond acceptors (Lipinski definition) is 1. The molecule has 0 amide bonds. The molecular formula is C22H17N. The zero-order chi connectivity index (χ0) is 15.2. The molecule has 1 nitrogen and oxygen atoms in total. The van der Waals surface area contributed by atoms with Gasteiger partial charge in [-0.05, 0) is 35.2 Å². The second-order valence-electron chi connectivity index (χ2n) is 6.22. The van der Waals surface area contributed by atoms with Crippen LogP contribution in [0.25, 0.3) is 17.2 Å². The van der Waals surface area contributed by atoms with Gasteiger partial charge in [0.1, 0.15) is 0 Å². The molecule has 0 fully saturated rings. The van der Waals surface area contributed by atoms with E-state index in [9.17, 15) is 0 Å². The summed E-state index contributed by atoms with van der Waals surface area (Å²) in [6.45, 7) is 0.928. The summed E-state index contributed by atoms with van der Waals surface area (Å²) in [5, 5.41) is 0. The Bertz CT molecular complexity index is 936. The molecule has 1 aliphatic carbocycles. The quantitative estimate of drug-likeness (QED) is 0.567. The maximum Gasteiger partial charge on any atom is 0.0493 e. The van der Waals surface area contributed by atoms with Crippen LogP contribution < -0.4 is 4.90 Å². The van der Waals surface area contributed by atoms with Crippen LogP contribution in [0.1, 0.15) is 16.7 Å². The van der Waals surface area contributed by atoms with Gasteiger partial charge in [0.2, 0.25) is 0 Å². The molecule has 0 N–H and O–H groups in total. The SMILES string of the molecule is C1=Cc2c(cccc2N2Cc3ccccc3-c3ccccc32)C1. The Morgan fingerprint density at radius 2 is 1.39 bits per heavy atom. The normalized spacial score (nSPS) is 14.3. The predicted molar refractivity (Wildman–Crippen MR) is 96.9 cm³/mol. The predicted octanol–water partition coefficient (Wildman–Crippen LogP) is 5.57. The summed E-state index contributed by atoms with van der Waals surface area (Å²) in [5.74, 6) is 0. The maximum absolute atomic E-state index is 2.46. The van der Waals surface area contributed by atoms with Crippen molar-refractivity contribution >= 4 is 17.5 Å². The zero-order valence-corrected chi connectivity index (χ0v) is 12.9. The van der Waals surface area contributed by atoms with E-state index in [1.165, 1.54) is 39.2 Å². The summed E-state index contributed by atoms with van der Waals surface area (Å²) in [4.78, 5) is 2.46. The molecule has 1 heteroatoms. The van der Waals surface area contributed by atoms with Crippen molar-refractivity contribution in [2.75, 3.05) is 4.90 Å². The highest BCUT2D eigenvalue weighted by Gasteiger charge is 2.24. The Kier molecular flexibility index (Phi) is 2.68. The van der Waals surface area contributed by atoms with E-state index in [2.05, 4.69) is 83.8 Å². The van der Waals surface area contributed by atoms with E-state index in [-0.39, 0.29) is 0 Å². The third-order valence-electron chi connectivity index (χ3n) is 4.92. The molecule has 0 spiro atoms. The highest BCUT2D eigenvalue weighted by molar-refractivity contribution is 5.89. The smallest absolute Gasteiger partial charge is 0.0493 e. The molecule has 110 valence electrons. The van der Waals surface area contributed by atoms with Gasteiger partial charge in [-0.15, -0.1) is 0 Å². The molecule has 0 atom stereocenters. The van der Waals surface area contributed by atoms with E-state index in [0.717, 1.165) is 13.0 Å². The number of nitrogens with zero attached hydrogens (tertiary/aromatic N) is 1. The molecule has 3 aromatic carbocycles. The van der Waals surface area contributed by atoms with Crippen molar-refractivity contribution in [1.82, 2.24) is 0 Å². The molecule has 0 radical (unpaired) electrons. The number of fused-ring (bicyclic) bond motifs is 4. The van der Waals surface area contributed by atoms with E-state index >= 15 is 0 Å². The summed E-state index contributed by atoms with van der Waals surface area (Å²) in [6.07, 6.45) is 5.58. The number of benzene rings is 3. The molecule has 1 heterocycles. The van der Waals surface area contributed by atoms with Gasteiger partial charge in [0, 0.05) is 29.0 Å². The van der Waals surface area contributed by atoms with Crippen LogP contribution in [-0.4, -0.2) is 0 Å². The van der Waals surface area contributed by atoms with Gasteiger partial charge in [-0.25, -0.2) is 0 Å². The van der Waals surface area contributed by atoms with Gasteiger partial charge < -0.3 is 4.90 Å². The number of anilines is 2. The lowest BCUT2D eigenvalue weighted by molar-refractivity contribution is 0.958. The summed E-state index contributed by atoms with van der Waals surface area (Å²) in [6, 6.07) is 24.2. The van der Waals surface area contributed by atoms with E-state index < -0.39 is 0 Å². The molecule has 5 rings (SSSR count). The molecule has 0 saturated heterocycles. The Hall–Kier alpha value is -2.80. The molecule has 23 heavy (non-hydrogen) atoms. The van der Waals surface area contributed by atoms with Crippen molar-refractivity contribution in [3.8, 4) is 11.1 Å². The van der Waals surface area contributed by atoms with E-state index in [4.69, 9.17) is 0 Å². The topological polar surface area (TPSA) is 3.24 Å². The minimum atomic E-state index is 0.928. The summed E-state index contributed by atoms with van der Waals surface area (Å²) < 4.78 is 0. The van der Waals surface area contributed by atoms with E-state index in [1.807, 2.05) is 0 Å². The first-order valence-electron chi connectivity index (χ1n) is 8.15. The highest BCUT2D eigenvalue weighted by Crippen LogP contribution is 2.44. The van der Waals surface area contributed by atoms with Gasteiger partial charge in [-0.3, -0.25) is 0 Å². The highest BCUT2D eigenvalue weighted by atomic mass is 15.1. The minimum absolute atomic E-state index is 0.928. The van der Waals surface area contributed by atoms with Crippen LogP contribution in [0.5, 0.6) is 0 Å². The van der Waals surface area contributed by atoms with Crippen molar-refractivity contribution in [3.05, 3.63) is 89.5 Å². The third kappa shape index (κ3) is 1.86. The van der Waals surface area contributed by atoms with Gasteiger partial charge in [-0.1, -0.05) is 66.7 Å². The zero-order valence-electron chi connectivity index (χ0n) is 12.9. The number of rotatable bonds is 1. The van der Waals surface area contributed by atoms with Crippen LogP contribution in [0.2, 0.25) is 0 Å². The fourth-order valence-corrected chi connectivity index (χ4v) is 3.84. The third-order valence-corrected chi connectivity index (χ3v) is 4.92. The van der Waals surface area contributed by atoms with Crippen molar-refractivity contribution in [2.45, 2.75) is 13.0 Å². The first-order valence-corrected chi connectivity index (χ1v) is 8.15. The molecule has 2 aliphatic rings. The molecule has 0 aromatic heterocycles. The number of hydrogen-bond donors (Lipinski definition) is 0. The fourth-order valence-electron chi connectivity index (χ4n) is 3.84. The Labute approximate surface area is 136 Å². The van der Waals surface area contributed by atoms with Crippen molar-refractivity contribution in [3.63, 3.8) is 0 Å². The molecule has 0 unspecified atom stereocenters. The van der Waals surface area contributed by atoms with Gasteiger partial charge in [0.25, 0.3) is 0 Å². The lowest BCUT2D eigenvalue weighted by Gasteiger charge is -2.34. The molecular weight excluding hydrogens is 278 g/mol. The van der Waals surface area contributed by atoms with E-state index in [0.29, 0.717) is 0 Å². The van der Waals surface area contributed by atoms with Gasteiger partial charge in [0.15, 0.2) is 0 Å². The van der Waals surface area contributed by atoms with Crippen LogP contribution in [0.3, 0.4) is 0 Å². The van der Waals surface area contributed by atoms with Crippen LogP contribution >= 0.6 is 0 Å². The first kappa shape index (κ1) is 12.7. The maximum atomic E-state index is 2.46. The second-order valence-corrected chi connectivity index (χ2v) is 6.22. The number of allylic oxidation sites excluding steroid dienone is 1. The second kappa shape index (κ2) is 4.85. The molecule has 3 aromatic rings. The van der Waals surface area contributed by atoms with Crippen LogP contribution in [0, 0.1) is 0 Å². The first-order chi connectivity index (χ1) is 11.4.